The zero-order valence-electron chi connectivity index (χ0n) is 15.8. The molecule has 0 atom stereocenters. The Bertz CT molecular complexity index is 1120. The van der Waals surface area contributed by atoms with Crippen molar-refractivity contribution in [2.24, 2.45) is 0 Å². The fraction of sp³-hybridized carbons (Fsp3) is 0.350. The predicted molar refractivity (Wildman–Crippen MR) is 106 cm³/mol. The van der Waals surface area contributed by atoms with Crippen LogP contribution in [0.5, 0.6) is 0 Å². The first kappa shape index (κ1) is 17.1. The molecular weight excluding hydrogens is 357 g/mol. The maximum absolute atomic E-state index is 13.3. The van der Waals surface area contributed by atoms with Gasteiger partial charge in [-0.25, -0.2) is 18.9 Å². The van der Waals surface area contributed by atoms with Crippen LogP contribution in [-0.4, -0.2) is 61.8 Å². The van der Waals surface area contributed by atoms with Gasteiger partial charge in [0.1, 0.15) is 11.3 Å². The van der Waals surface area contributed by atoms with Gasteiger partial charge in [-0.1, -0.05) is 0 Å². The molecule has 0 radical (unpaired) electrons. The Hall–Kier alpha value is -3.00. The van der Waals surface area contributed by atoms with Crippen LogP contribution >= 0.6 is 0 Å². The number of halogens is 1. The molecule has 0 unspecified atom stereocenters. The molecule has 1 aromatic carbocycles. The van der Waals surface area contributed by atoms with Gasteiger partial charge in [0.15, 0.2) is 5.82 Å². The standard InChI is InChI=1S/C20H22FN7/c1-15-12-19-20(22-4-5-28(19)24-15)26-9-6-25(7-10-26)8-11-27-14-23-17-13-16(21)2-3-18(17)27/h2-5,12-14H,6-11H2,1H3. The third kappa shape index (κ3) is 3.09. The van der Waals surface area contributed by atoms with Crippen molar-refractivity contribution < 1.29 is 4.39 Å². The molecule has 0 N–H and O–H groups in total. The molecule has 28 heavy (non-hydrogen) atoms. The molecule has 0 bridgehead atoms. The highest BCUT2D eigenvalue weighted by Gasteiger charge is 2.20. The lowest BCUT2D eigenvalue weighted by atomic mass is 10.3. The van der Waals surface area contributed by atoms with Crippen molar-refractivity contribution in [1.29, 1.82) is 0 Å². The van der Waals surface area contributed by atoms with E-state index in [9.17, 15) is 4.39 Å². The summed E-state index contributed by atoms with van der Waals surface area (Å²) in [5.74, 6) is 0.760. The van der Waals surface area contributed by atoms with Crippen LogP contribution in [0.1, 0.15) is 5.69 Å². The quantitative estimate of drug-likeness (QED) is 0.545. The van der Waals surface area contributed by atoms with Crippen molar-refractivity contribution in [3.8, 4) is 0 Å². The van der Waals surface area contributed by atoms with E-state index in [0.717, 1.165) is 61.8 Å². The van der Waals surface area contributed by atoms with Gasteiger partial charge in [-0.2, -0.15) is 5.10 Å². The summed E-state index contributed by atoms with van der Waals surface area (Å²) in [7, 11) is 0. The van der Waals surface area contributed by atoms with E-state index in [2.05, 4.69) is 35.5 Å². The Kier molecular flexibility index (Phi) is 4.20. The molecule has 5 rings (SSSR count). The molecule has 1 aliphatic heterocycles. The monoisotopic (exact) mass is 379 g/mol. The molecule has 3 aromatic heterocycles. The Balaban J connectivity index is 1.23. The molecule has 4 aromatic rings. The highest BCUT2D eigenvalue weighted by molar-refractivity contribution is 5.75. The van der Waals surface area contributed by atoms with Crippen molar-refractivity contribution in [2.45, 2.75) is 13.5 Å². The number of imidazole rings is 1. The van der Waals surface area contributed by atoms with E-state index in [0.29, 0.717) is 5.52 Å². The van der Waals surface area contributed by atoms with E-state index >= 15 is 0 Å². The molecule has 8 heteroatoms. The Morgan fingerprint density at radius 2 is 1.86 bits per heavy atom. The van der Waals surface area contributed by atoms with E-state index < -0.39 is 0 Å². The van der Waals surface area contributed by atoms with Crippen molar-refractivity contribution in [3.05, 3.63) is 54.5 Å². The molecule has 0 amide bonds. The van der Waals surface area contributed by atoms with Gasteiger partial charge in [0.25, 0.3) is 0 Å². The van der Waals surface area contributed by atoms with Crippen LogP contribution in [0.25, 0.3) is 16.6 Å². The molecule has 4 heterocycles. The Morgan fingerprint density at radius 3 is 2.71 bits per heavy atom. The predicted octanol–water partition coefficient (Wildman–Crippen LogP) is 2.35. The highest BCUT2D eigenvalue weighted by atomic mass is 19.1. The van der Waals surface area contributed by atoms with Crippen molar-refractivity contribution in [1.82, 2.24) is 29.0 Å². The van der Waals surface area contributed by atoms with Crippen LogP contribution in [-0.2, 0) is 6.54 Å². The Labute approximate surface area is 162 Å². The van der Waals surface area contributed by atoms with Gasteiger partial charge in [0.05, 0.1) is 23.1 Å². The molecular formula is C20H22FN7. The average molecular weight is 379 g/mol. The summed E-state index contributed by atoms with van der Waals surface area (Å²) < 4.78 is 17.3. The molecule has 0 aliphatic carbocycles. The molecule has 0 saturated carbocycles. The number of aryl methyl sites for hydroxylation is 1. The van der Waals surface area contributed by atoms with E-state index in [-0.39, 0.29) is 5.82 Å². The fourth-order valence-corrected chi connectivity index (χ4v) is 3.92. The van der Waals surface area contributed by atoms with Gasteiger partial charge in [-0.3, -0.25) is 4.90 Å². The maximum Gasteiger partial charge on any atom is 0.154 e. The summed E-state index contributed by atoms with van der Waals surface area (Å²) in [5, 5.41) is 4.48. The largest absolute Gasteiger partial charge is 0.352 e. The number of benzene rings is 1. The lowest BCUT2D eigenvalue weighted by Crippen LogP contribution is -2.47. The minimum absolute atomic E-state index is 0.245. The number of hydrogen-bond donors (Lipinski definition) is 0. The molecule has 7 nitrogen and oxygen atoms in total. The van der Waals surface area contributed by atoms with E-state index in [1.54, 1.807) is 12.4 Å². The highest BCUT2D eigenvalue weighted by Crippen LogP contribution is 2.21. The average Bonchev–Trinajstić information content (AvgIpc) is 3.28. The van der Waals surface area contributed by atoms with Crippen molar-refractivity contribution in [3.63, 3.8) is 0 Å². The van der Waals surface area contributed by atoms with Gasteiger partial charge >= 0.3 is 0 Å². The third-order valence-corrected chi connectivity index (χ3v) is 5.40. The first-order chi connectivity index (χ1) is 13.7. The van der Waals surface area contributed by atoms with Gasteiger partial charge in [-0.05, 0) is 25.1 Å². The summed E-state index contributed by atoms with van der Waals surface area (Å²) in [5.41, 5.74) is 3.75. The molecule has 0 spiro atoms. The lowest BCUT2D eigenvalue weighted by molar-refractivity contribution is 0.248. The van der Waals surface area contributed by atoms with E-state index in [4.69, 9.17) is 0 Å². The second kappa shape index (κ2) is 6.87. The normalized spacial score (nSPS) is 15.7. The second-order valence-corrected chi connectivity index (χ2v) is 7.27. The summed E-state index contributed by atoms with van der Waals surface area (Å²) in [4.78, 5) is 13.7. The van der Waals surface area contributed by atoms with Crippen LogP contribution in [0.2, 0.25) is 0 Å². The summed E-state index contributed by atoms with van der Waals surface area (Å²) >= 11 is 0. The van der Waals surface area contributed by atoms with Crippen LogP contribution in [0.4, 0.5) is 10.2 Å². The zero-order chi connectivity index (χ0) is 19.1. The third-order valence-electron chi connectivity index (χ3n) is 5.40. The topological polar surface area (TPSA) is 54.5 Å². The lowest BCUT2D eigenvalue weighted by Gasteiger charge is -2.35. The van der Waals surface area contributed by atoms with Crippen LogP contribution in [0, 0.1) is 12.7 Å². The van der Waals surface area contributed by atoms with Crippen molar-refractivity contribution >= 4 is 22.4 Å². The number of fused-ring (bicyclic) bond motifs is 2. The van der Waals surface area contributed by atoms with Crippen molar-refractivity contribution in [2.75, 3.05) is 37.6 Å². The van der Waals surface area contributed by atoms with Gasteiger partial charge in [0, 0.05) is 57.7 Å². The maximum atomic E-state index is 13.3. The molecule has 1 aliphatic rings. The zero-order valence-corrected chi connectivity index (χ0v) is 15.8. The number of aromatic nitrogens is 5. The van der Waals surface area contributed by atoms with Gasteiger partial charge < -0.3 is 9.47 Å². The van der Waals surface area contributed by atoms with Crippen LogP contribution in [0.15, 0.2) is 43.0 Å². The number of anilines is 1. The summed E-state index contributed by atoms with van der Waals surface area (Å²) in [6.45, 7) is 7.63. The number of rotatable bonds is 4. The van der Waals surface area contributed by atoms with Gasteiger partial charge in [-0.15, -0.1) is 0 Å². The second-order valence-electron chi connectivity index (χ2n) is 7.27. The first-order valence-electron chi connectivity index (χ1n) is 9.56. The summed E-state index contributed by atoms with van der Waals surface area (Å²) in [6.07, 6.45) is 5.50. The number of nitrogens with zero attached hydrogens (tertiary/aromatic N) is 7. The minimum Gasteiger partial charge on any atom is -0.352 e. The minimum atomic E-state index is -0.245. The molecule has 144 valence electrons. The van der Waals surface area contributed by atoms with Crippen LogP contribution < -0.4 is 4.90 Å². The SMILES string of the molecule is Cc1cc2c(N3CCN(CCn4cnc5cc(F)ccc54)CC3)nccn2n1. The van der Waals surface area contributed by atoms with Gasteiger partial charge in [0.2, 0.25) is 0 Å². The number of piperazine rings is 1. The first-order valence-corrected chi connectivity index (χ1v) is 9.56. The molecule has 1 fully saturated rings. The van der Waals surface area contributed by atoms with Crippen LogP contribution in [0.3, 0.4) is 0 Å². The Morgan fingerprint density at radius 1 is 1.00 bits per heavy atom. The smallest absolute Gasteiger partial charge is 0.154 e. The molecule has 1 saturated heterocycles. The fourth-order valence-electron chi connectivity index (χ4n) is 3.92. The van der Waals surface area contributed by atoms with E-state index in [1.807, 2.05) is 23.8 Å². The summed E-state index contributed by atoms with van der Waals surface area (Å²) in [6, 6.07) is 6.86. The number of hydrogen-bond acceptors (Lipinski definition) is 5. The van der Waals surface area contributed by atoms with E-state index in [1.165, 1.54) is 12.1 Å².